The molecule has 1 saturated carbocycles. The highest BCUT2D eigenvalue weighted by Gasteiger charge is 2.65. The summed E-state index contributed by atoms with van der Waals surface area (Å²) in [5.74, 6) is 0.434. The average Bonchev–Trinajstić information content (AvgIpc) is 3.22. The minimum absolute atomic E-state index is 0.0376. The number of likely N-dealkylation sites (N-methyl/N-ethyl adjacent to an activating group) is 1. The Bertz CT molecular complexity index is 1850. The summed E-state index contributed by atoms with van der Waals surface area (Å²) in [5, 5.41) is 0. The zero-order valence-corrected chi connectivity index (χ0v) is 33.1. The summed E-state index contributed by atoms with van der Waals surface area (Å²) in [6.07, 6.45) is 1.13. The van der Waals surface area contributed by atoms with Gasteiger partial charge in [0.2, 0.25) is 0 Å². The van der Waals surface area contributed by atoms with Crippen LogP contribution in [0.5, 0.6) is 23.0 Å². The van der Waals surface area contributed by atoms with Crippen LogP contribution in [0.3, 0.4) is 0 Å². The van der Waals surface area contributed by atoms with Crippen LogP contribution in [0.4, 0.5) is 4.79 Å². The third-order valence-corrected chi connectivity index (χ3v) is 11.8. The molecule has 3 aliphatic rings. The van der Waals surface area contributed by atoms with Gasteiger partial charge in [0.25, 0.3) is 0 Å². The molecule has 2 aliphatic heterocycles. The number of amides is 1. The Kier molecular flexibility index (Phi) is 12.1. The first-order valence-electron chi connectivity index (χ1n) is 19.2. The smallest absolute Gasteiger partial charge is 0.410 e. The minimum Gasteiger partial charge on any atom is -0.493 e. The molecule has 12 heteroatoms. The van der Waals surface area contributed by atoms with E-state index in [0.717, 1.165) is 34.2 Å². The average molecular weight is 759 g/mol. The predicted molar refractivity (Wildman–Crippen MR) is 205 cm³/mol. The molecule has 0 aromatic heterocycles. The monoisotopic (exact) mass is 758 g/mol. The van der Waals surface area contributed by atoms with Gasteiger partial charge in [-0.1, -0.05) is 37.3 Å². The highest BCUT2D eigenvalue weighted by Crippen LogP contribution is 2.61. The highest BCUT2D eigenvalue weighted by molar-refractivity contribution is 6.00. The summed E-state index contributed by atoms with van der Waals surface area (Å²) in [7, 11) is 6.42. The van der Waals surface area contributed by atoms with Gasteiger partial charge in [0.05, 0.1) is 47.2 Å². The van der Waals surface area contributed by atoms with Crippen molar-refractivity contribution < 1.29 is 47.5 Å². The standard InChI is InChI=1S/C43H54N2O10/c1-8-44-20-16-29-22-34(49-4)36(51-6)24-31(29)38(44)33-26-42(39(46)53-9-2,40(47)54-10-3)18-19-43(33)32-25-37(52-7)35(50-5)23-30(32)17-21-45(43)41(48)55-27-28-14-12-11-13-15-28/h11-15,22-25,33,38H,8-10,16-21,26-27H2,1-7H3/t33-,38?,43+/m1/s1. The summed E-state index contributed by atoms with van der Waals surface area (Å²) in [6, 6.07) is 17.1. The van der Waals surface area contributed by atoms with Crippen molar-refractivity contribution in [2.75, 3.05) is 61.3 Å². The summed E-state index contributed by atoms with van der Waals surface area (Å²) >= 11 is 0. The van der Waals surface area contributed by atoms with Crippen LogP contribution in [0, 0.1) is 11.3 Å². The van der Waals surface area contributed by atoms with Gasteiger partial charge in [0.15, 0.2) is 28.4 Å². The van der Waals surface area contributed by atoms with Crippen molar-refractivity contribution in [1.82, 2.24) is 9.80 Å². The molecule has 55 heavy (non-hydrogen) atoms. The van der Waals surface area contributed by atoms with E-state index in [9.17, 15) is 14.4 Å². The number of methoxy groups -OCH3 is 4. The normalized spacial score (nSPS) is 21.5. The zero-order chi connectivity index (χ0) is 39.3. The molecule has 1 unspecified atom stereocenters. The molecule has 0 radical (unpaired) electrons. The molecule has 3 aromatic rings. The Labute approximate surface area is 323 Å². The van der Waals surface area contributed by atoms with Gasteiger partial charge in [-0.25, -0.2) is 4.79 Å². The second-order valence-corrected chi connectivity index (χ2v) is 14.3. The van der Waals surface area contributed by atoms with Gasteiger partial charge in [-0.15, -0.1) is 0 Å². The Morgan fingerprint density at radius 2 is 1.29 bits per heavy atom. The molecule has 1 spiro atoms. The van der Waals surface area contributed by atoms with E-state index in [1.54, 1.807) is 42.3 Å². The lowest BCUT2D eigenvalue weighted by atomic mass is 9.54. The first-order chi connectivity index (χ1) is 26.7. The molecule has 0 N–H and O–H groups in total. The molecule has 0 saturated heterocycles. The van der Waals surface area contributed by atoms with E-state index in [1.165, 1.54) is 0 Å². The molecular weight excluding hydrogens is 704 g/mol. The van der Waals surface area contributed by atoms with Crippen LogP contribution in [0.25, 0.3) is 0 Å². The molecule has 0 bridgehead atoms. The number of carbonyl (C=O) groups excluding carboxylic acids is 3. The SMILES string of the molecule is CCOC(=O)C1(C(=O)OCC)CC[C@]2(c3cc(OC)c(OC)cc3CCN2C(=O)OCc2ccccc2)[C@@H](C2c3cc(OC)c(OC)cc3CCN2CC)C1. The van der Waals surface area contributed by atoms with Crippen LogP contribution in [-0.2, 0) is 48.8 Å². The van der Waals surface area contributed by atoms with Crippen molar-refractivity contribution in [2.45, 2.75) is 71.1 Å². The maximum atomic E-state index is 14.8. The van der Waals surface area contributed by atoms with E-state index < -0.39 is 40.9 Å². The maximum absolute atomic E-state index is 14.8. The lowest BCUT2D eigenvalue weighted by Gasteiger charge is -2.60. The van der Waals surface area contributed by atoms with E-state index in [2.05, 4.69) is 11.8 Å². The summed E-state index contributed by atoms with van der Waals surface area (Å²) in [5.41, 5.74) is 2.02. The number of ether oxygens (including phenoxy) is 7. The summed E-state index contributed by atoms with van der Waals surface area (Å²) in [6.45, 7) is 7.52. The molecule has 6 rings (SSSR count). The summed E-state index contributed by atoms with van der Waals surface area (Å²) < 4.78 is 40.9. The molecule has 296 valence electrons. The first-order valence-corrected chi connectivity index (χ1v) is 19.2. The predicted octanol–water partition coefficient (Wildman–Crippen LogP) is 6.64. The Morgan fingerprint density at radius 3 is 1.89 bits per heavy atom. The van der Waals surface area contributed by atoms with Crippen molar-refractivity contribution in [3.05, 3.63) is 82.4 Å². The van der Waals surface area contributed by atoms with Crippen LogP contribution < -0.4 is 18.9 Å². The van der Waals surface area contributed by atoms with E-state index in [-0.39, 0.29) is 39.1 Å². The molecule has 1 amide bonds. The lowest BCUT2D eigenvalue weighted by Crippen LogP contribution is -2.65. The minimum atomic E-state index is -1.64. The van der Waals surface area contributed by atoms with Crippen LogP contribution in [0.1, 0.15) is 73.9 Å². The number of nitrogens with zero attached hydrogens (tertiary/aromatic N) is 2. The fourth-order valence-electron chi connectivity index (χ4n) is 9.28. The van der Waals surface area contributed by atoms with Gasteiger partial charge < -0.3 is 33.2 Å². The highest BCUT2D eigenvalue weighted by atomic mass is 16.6. The largest absolute Gasteiger partial charge is 0.493 e. The van der Waals surface area contributed by atoms with Crippen molar-refractivity contribution in [1.29, 1.82) is 0 Å². The topological polar surface area (TPSA) is 122 Å². The van der Waals surface area contributed by atoms with Crippen molar-refractivity contribution >= 4 is 18.0 Å². The van der Waals surface area contributed by atoms with E-state index in [1.807, 2.05) is 59.5 Å². The first kappa shape index (κ1) is 39.7. The van der Waals surface area contributed by atoms with Gasteiger partial charge in [0.1, 0.15) is 6.61 Å². The van der Waals surface area contributed by atoms with Crippen molar-refractivity contribution in [2.24, 2.45) is 11.3 Å². The molecule has 1 fully saturated rings. The van der Waals surface area contributed by atoms with Crippen LogP contribution >= 0.6 is 0 Å². The quantitative estimate of drug-likeness (QED) is 0.112. The number of benzene rings is 3. The van der Waals surface area contributed by atoms with Gasteiger partial charge >= 0.3 is 18.0 Å². The second-order valence-electron chi connectivity index (χ2n) is 14.3. The molecular formula is C43H54N2O10. The van der Waals surface area contributed by atoms with E-state index >= 15 is 0 Å². The number of carbonyl (C=O) groups is 3. The van der Waals surface area contributed by atoms with E-state index in [0.29, 0.717) is 49.1 Å². The lowest BCUT2D eigenvalue weighted by molar-refractivity contribution is -0.183. The van der Waals surface area contributed by atoms with Gasteiger partial charge in [-0.2, -0.15) is 0 Å². The molecule has 3 aromatic carbocycles. The Morgan fingerprint density at radius 1 is 0.709 bits per heavy atom. The fourth-order valence-corrected chi connectivity index (χ4v) is 9.28. The van der Waals surface area contributed by atoms with Crippen LogP contribution in [-0.4, -0.2) is 89.1 Å². The van der Waals surface area contributed by atoms with Gasteiger partial charge in [0, 0.05) is 25.0 Å². The third kappa shape index (κ3) is 7.05. The maximum Gasteiger partial charge on any atom is 0.410 e. The third-order valence-electron chi connectivity index (χ3n) is 11.8. The molecule has 3 atom stereocenters. The number of esters is 2. The fraction of sp³-hybridized carbons (Fsp3) is 0.512. The van der Waals surface area contributed by atoms with Gasteiger partial charge in [-0.3, -0.25) is 19.4 Å². The van der Waals surface area contributed by atoms with E-state index in [4.69, 9.17) is 33.2 Å². The summed E-state index contributed by atoms with van der Waals surface area (Å²) in [4.78, 5) is 47.6. The zero-order valence-electron chi connectivity index (χ0n) is 33.1. The second kappa shape index (κ2) is 16.8. The number of rotatable bonds is 12. The molecule has 12 nitrogen and oxygen atoms in total. The Hall–Kier alpha value is -4.97. The van der Waals surface area contributed by atoms with Gasteiger partial charge in [-0.05, 0) is 105 Å². The van der Waals surface area contributed by atoms with Crippen molar-refractivity contribution in [3.8, 4) is 23.0 Å². The Balaban J connectivity index is 1.65. The molecule has 1 aliphatic carbocycles. The molecule has 2 heterocycles. The van der Waals surface area contributed by atoms with Crippen LogP contribution in [0.2, 0.25) is 0 Å². The number of hydrogen-bond acceptors (Lipinski definition) is 11. The van der Waals surface area contributed by atoms with Crippen molar-refractivity contribution in [3.63, 3.8) is 0 Å². The van der Waals surface area contributed by atoms with Crippen LogP contribution in [0.15, 0.2) is 54.6 Å². The number of fused-ring (bicyclic) bond motifs is 3. The number of hydrogen-bond donors (Lipinski definition) is 0.